The molecular weight excluding hydrogens is 222 g/mol. The van der Waals surface area contributed by atoms with E-state index in [1.165, 1.54) is 12.8 Å². The number of hydrogen-bond donors (Lipinski definition) is 0. The van der Waals surface area contributed by atoms with Gasteiger partial charge in [-0.2, -0.15) is 0 Å². The molecule has 0 aliphatic carbocycles. The van der Waals surface area contributed by atoms with E-state index >= 15 is 0 Å². The Balaban J connectivity index is 2.42. The van der Waals surface area contributed by atoms with Gasteiger partial charge in [0.2, 0.25) is 0 Å². The predicted octanol–water partition coefficient (Wildman–Crippen LogP) is 2.99. The molecule has 1 aromatic rings. The Morgan fingerprint density at radius 2 is 2.19 bits per heavy atom. The third kappa shape index (κ3) is 2.01. The van der Waals surface area contributed by atoms with Crippen LogP contribution < -0.4 is 4.90 Å². The lowest BCUT2D eigenvalue weighted by Gasteiger charge is -2.24. The summed E-state index contributed by atoms with van der Waals surface area (Å²) < 4.78 is 0. The third-order valence-electron chi connectivity index (χ3n) is 3.25. The first kappa shape index (κ1) is 11.6. The van der Waals surface area contributed by atoms with Crippen LogP contribution in [-0.4, -0.2) is 22.6 Å². The largest absolute Gasteiger partial charge is 0.354 e. The summed E-state index contributed by atoms with van der Waals surface area (Å²) in [5.74, 6) is 1.87. The Labute approximate surface area is 102 Å². The molecule has 16 heavy (non-hydrogen) atoms. The molecule has 1 saturated heterocycles. The van der Waals surface area contributed by atoms with E-state index in [1.807, 2.05) is 6.92 Å². The van der Waals surface area contributed by atoms with Gasteiger partial charge < -0.3 is 4.90 Å². The monoisotopic (exact) mass is 239 g/mol. The molecule has 4 heteroatoms. The lowest BCUT2D eigenvalue weighted by atomic mass is 10.2. The van der Waals surface area contributed by atoms with Gasteiger partial charge in [0.05, 0.1) is 0 Å². The Morgan fingerprint density at radius 1 is 1.44 bits per heavy atom. The maximum absolute atomic E-state index is 6.15. The summed E-state index contributed by atoms with van der Waals surface area (Å²) in [5.41, 5.74) is 1.01. The zero-order valence-electron chi connectivity index (χ0n) is 10.1. The van der Waals surface area contributed by atoms with Gasteiger partial charge >= 0.3 is 0 Å². The van der Waals surface area contributed by atoms with Gasteiger partial charge in [0.1, 0.15) is 16.8 Å². The first-order valence-electron chi connectivity index (χ1n) is 5.93. The maximum atomic E-state index is 6.15. The molecule has 0 N–H and O–H groups in total. The number of aryl methyl sites for hydroxylation is 1. The zero-order chi connectivity index (χ0) is 11.7. The van der Waals surface area contributed by atoms with Crippen LogP contribution in [0.25, 0.3) is 0 Å². The van der Waals surface area contributed by atoms with Crippen LogP contribution in [0, 0.1) is 6.92 Å². The van der Waals surface area contributed by atoms with Crippen LogP contribution in [0.3, 0.4) is 0 Å². The number of halogens is 1. The van der Waals surface area contributed by atoms with E-state index in [4.69, 9.17) is 11.6 Å². The summed E-state index contributed by atoms with van der Waals surface area (Å²) in [4.78, 5) is 11.2. The van der Waals surface area contributed by atoms with E-state index < -0.39 is 0 Å². The molecule has 0 radical (unpaired) electrons. The first-order valence-corrected chi connectivity index (χ1v) is 6.31. The topological polar surface area (TPSA) is 29.0 Å². The summed E-state index contributed by atoms with van der Waals surface area (Å²) in [6.07, 6.45) is 3.31. The summed E-state index contributed by atoms with van der Waals surface area (Å²) in [5, 5.41) is 0.598. The van der Waals surface area contributed by atoms with Gasteiger partial charge in [-0.05, 0) is 26.7 Å². The zero-order valence-corrected chi connectivity index (χ0v) is 10.9. The lowest BCUT2D eigenvalue weighted by Crippen LogP contribution is -2.28. The Bertz CT molecular complexity index is 392. The van der Waals surface area contributed by atoms with Crippen molar-refractivity contribution in [3.05, 3.63) is 16.5 Å². The number of rotatable bonds is 2. The highest BCUT2D eigenvalue weighted by Crippen LogP contribution is 2.29. The highest BCUT2D eigenvalue weighted by Gasteiger charge is 2.24. The minimum absolute atomic E-state index is 0.564. The van der Waals surface area contributed by atoms with E-state index in [0.717, 1.165) is 30.2 Å². The SMILES string of the molecule is CCc1nc(Cl)c(C)c(N2CCCC2C)n1. The standard InChI is InChI=1S/C12H18ClN3/c1-4-10-14-11(13)9(3)12(15-10)16-7-5-6-8(16)2/h8H,4-7H2,1-3H3. The van der Waals surface area contributed by atoms with Crippen molar-refractivity contribution < 1.29 is 0 Å². The third-order valence-corrected chi connectivity index (χ3v) is 3.62. The molecule has 2 rings (SSSR count). The quantitative estimate of drug-likeness (QED) is 0.743. The highest BCUT2D eigenvalue weighted by molar-refractivity contribution is 6.30. The molecule has 0 amide bonds. The average molecular weight is 240 g/mol. The summed E-state index contributed by atoms with van der Waals surface area (Å²) in [7, 11) is 0. The van der Waals surface area contributed by atoms with Crippen molar-refractivity contribution in [2.45, 2.75) is 46.1 Å². The van der Waals surface area contributed by atoms with Crippen molar-refractivity contribution in [1.82, 2.24) is 9.97 Å². The van der Waals surface area contributed by atoms with Crippen LogP contribution in [0.15, 0.2) is 0 Å². The van der Waals surface area contributed by atoms with Crippen molar-refractivity contribution in [2.24, 2.45) is 0 Å². The van der Waals surface area contributed by atoms with Gasteiger partial charge in [0.15, 0.2) is 0 Å². The Hall–Kier alpha value is -0.830. The second kappa shape index (κ2) is 4.58. The minimum atomic E-state index is 0.564. The molecule has 1 unspecified atom stereocenters. The van der Waals surface area contributed by atoms with Gasteiger partial charge in [-0.1, -0.05) is 18.5 Å². The van der Waals surface area contributed by atoms with Crippen LogP contribution in [0.2, 0.25) is 5.15 Å². The fraction of sp³-hybridized carbons (Fsp3) is 0.667. The summed E-state index contributed by atoms with van der Waals surface area (Å²) in [6, 6.07) is 0.564. The van der Waals surface area contributed by atoms with E-state index in [9.17, 15) is 0 Å². The van der Waals surface area contributed by atoms with E-state index in [0.29, 0.717) is 11.2 Å². The molecule has 0 bridgehead atoms. The minimum Gasteiger partial charge on any atom is -0.354 e. The van der Waals surface area contributed by atoms with Crippen molar-refractivity contribution in [1.29, 1.82) is 0 Å². The second-order valence-electron chi connectivity index (χ2n) is 4.42. The van der Waals surface area contributed by atoms with Gasteiger partial charge in [0.25, 0.3) is 0 Å². The van der Waals surface area contributed by atoms with Gasteiger partial charge in [-0.25, -0.2) is 9.97 Å². The predicted molar refractivity (Wildman–Crippen MR) is 67.2 cm³/mol. The maximum Gasteiger partial charge on any atom is 0.137 e. The number of nitrogens with zero attached hydrogens (tertiary/aromatic N) is 3. The summed E-state index contributed by atoms with van der Waals surface area (Å²) >= 11 is 6.15. The fourth-order valence-corrected chi connectivity index (χ4v) is 2.39. The van der Waals surface area contributed by atoms with Crippen LogP contribution in [0.1, 0.15) is 38.1 Å². The van der Waals surface area contributed by atoms with E-state index in [-0.39, 0.29) is 0 Å². The molecule has 2 heterocycles. The molecule has 1 atom stereocenters. The Kier molecular flexibility index (Phi) is 3.33. The van der Waals surface area contributed by atoms with E-state index in [2.05, 4.69) is 28.7 Å². The Morgan fingerprint density at radius 3 is 2.75 bits per heavy atom. The van der Waals surface area contributed by atoms with Crippen LogP contribution in [0.5, 0.6) is 0 Å². The van der Waals surface area contributed by atoms with Crippen LogP contribution in [-0.2, 0) is 6.42 Å². The van der Waals surface area contributed by atoms with Crippen LogP contribution in [0.4, 0.5) is 5.82 Å². The molecular formula is C12H18ClN3. The molecule has 0 saturated carbocycles. The summed E-state index contributed by atoms with van der Waals surface area (Å²) in [6.45, 7) is 7.38. The average Bonchev–Trinajstić information content (AvgIpc) is 2.68. The number of hydrogen-bond acceptors (Lipinski definition) is 3. The van der Waals surface area contributed by atoms with Gasteiger partial charge in [-0.3, -0.25) is 0 Å². The molecule has 1 fully saturated rings. The van der Waals surface area contributed by atoms with Crippen molar-refractivity contribution in [3.8, 4) is 0 Å². The van der Waals surface area contributed by atoms with Crippen molar-refractivity contribution in [3.63, 3.8) is 0 Å². The van der Waals surface area contributed by atoms with Gasteiger partial charge in [-0.15, -0.1) is 0 Å². The lowest BCUT2D eigenvalue weighted by molar-refractivity contribution is 0.719. The molecule has 1 aliphatic heterocycles. The van der Waals surface area contributed by atoms with Crippen LogP contribution >= 0.6 is 11.6 Å². The fourth-order valence-electron chi connectivity index (χ4n) is 2.21. The van der Waals surface area contributed by atoms with E-state index in [1.54, 1.807) is 0 Å². The van der Waals surface area contributed by atoms with Crippen molar-refractivity contribution >= 4 is 17.4 Å². The highest BCUT2D eigenvalue weighted by atomic mass is 35.5. The first-order chi connectivity index (χ1) is 7.63. The number of anilines is 1. The molecule has 0 spiro atoms. The molecule has 1 aromatic heterocycles. The van der Waals surface area contributed by atoms with Gasteiger partial charge in [0, 0.05) is 24.6 Å². The molecule has 0 aromatic carbocycles. The van der Waals surface area contributed by atoms with Crippen molar-refractivity contribution in [2.75, 3.05) is 11.4 Å². The normalized spacial score (nSPS) is 20.5. The molecule has 3 nitrogen and oxygen atoms in total. The smallest absolute Gasteiger partial charge is 0.137 e. The number of aromatic nitrogens is 2. The molecule has 1 aliphatic rings. The second-order valence-corrected chi connectivity index (χ2v) is 4.78. The molecule has 88 valence electrons.